The molecule has 0 aliphatic carbocycles. The first-order chi connectivity index (χ1) is 9.86. The third kappa shape index (κ3) is 2.85. The van der Waals surface area contributed by atoms with Crippen molar-refractivity contribution in [3.8, 4) is 0 Å². The second-order valence-corrected chi connectivity index (χ2v) is 5.34. The van der Waals surface area contributed by atoms with Crippen LogP contribution in [0.25, 0.3) is 0 Å². The first kappa shape index (κ1) is 13.2. The van der Waals surface area contributed by atoms with Crippen molar-refractivity contribution < 1.29 is 0 Å². The van der Waals surface area contributed by atoms with Gasteiger partial charge in [0.15, 0.2) is 5.16 Å². The number of piperazine rings is 1. The quantitative estimate of drug-likeness (QED) is 0.635. The summed E-state index contributed by atoms with van der Waals surface area (Å²) in [6.45, 7) is 3.86. The second kappa shape index (κ2) is 6.09. The van der Waals surface area contributed by atoms with Crippen molar-refractivity contribution in [3.05, 3.63) is 36.7 Å². The SMILES string of the molecule is CSc1nccc(N2CCN(c3ccccn3)CC2)n1. The Morgan fingerprint density at radius 2 is 1.65 bits per heavy atom. The van der Waals surface area contributed by atoms with Gasteiger partial charge in [0, 0.05) is 38.6 Å². The van der Waals surface area contributed by atoms with E-state index in [0.717, 1.165) is 43.0 Å². The molecular weight excluding hydrogens is 270 g/mol. The molecule has 5 nitrogen and oxygen atoms in total. The number of anilines is 2. The summed E-state index contributed by atoms with van der Waals surface area (Å²) >= 11 is 1.58. The Balaban J connectivity index is 1.66. The molecule has 20 heavy (non-hydrogen) atoms. The van der Waals surface area contributed by atoms with Crippen LogP contribution in [0.15, 0.2) is 41.8 Å². The minimum atomic E-state index is 0.828. The van der Waals surface area contributed by atoms with Gasteiger partial charge in [0.2, 0.25) is 0 Å². The predicted octanol–water partition coefficient (Wildman–Crippen LogP) is 1.92. The van der Waals surface area contributed by atoms with Gasteiger partial charge in [0.25, 0.3) is 0 Å². The van der Waals surface area contributed by atoms with Crippen molar-refractivity contribution in [1.82, 2.24) is 15.0 Å². The molecule has 1 aliphatic heterocycles. The predicted molar refractivity (Wildman–Crippen MR) is 82.5 cm³/mol. The van der Waals surface area contributed by atoms with E-state index in [-0.39, 0.29) is 0 Å². The highest BCUT2D eigenvalue weighted by Gasteiger charge is 2.19. The van der Waals surface area contributed by atoms with Gasteiger partial charge in [-0.3, -0.25) is 0 Å². The van der Waals surface area contributed by atoms with Crippen molar-refractivity contribution in [3.63, 3.8) is 0 Å². The average molecular weight is 287 g/mol. The Kier molecular flexibility index (Phi) is 4.01. The molecule has 0 spiro atoms. The molecule has 3 rings (SSSR count). The van der Waals surface area contributed by atoms with Crippen molar-refractivity contribution >= 4 is 23.4 Å². The molecular formula is C14H17N5S. The molecule has 1 aliphatic rings. The lowest BCUT2D eigenvalue weighted by atomic mass is 10.3. The molecule has 0 saturated carbocycles. The van der Waals surface area contributed by atoms with Gasteiger partial charge >= 0.3 is 0 Å². The zero-order valence-corrected chi connectivity index (χ0v) is 12.3. The highest BCUT2D eigenvalue weighted by atomic mass is 32.2. The van der Waals surface area contributed by atoms with E-state index in [4.69, 9.17) is 0 Å². The number of rotatable bonds is 3. The van der Waals surface area contributed by atoms with Gasteiger partial charge in [-0.05, 0) is 24.5 Å². The summed E-state index contributed by atoms with van der Waals surface area (Å²) in [5.41, 5.74) is 0. The van der Waals surface area contributed by atoms with E-state index in [2.05, 4.69) is 30.8 Å². The van der Waals surface area contributed by atoms with E-state index >= 15 is 0 Å². The summed E-state index contributed by atoms with van der Waals surface area (Å²) in [5.74, 6) is 2.07. The third-order valence-electron chi connectivity index (χ3n) is 3.38. The van der Waals surface area contributed by atoms with Crippen LogP contribution in [0.3, 0.4) is 0 Å². The van der Waals surface area contributed by atoms with E-state index in [1.54, 1.807) is 11.8 Å². The normalized spacial score (nSPS) is 15.4. The fourth-order valence-corrected chi connectivity index (χ4v) is 2.66. The van der Waals surface area contributed by atoms with E-state index in [9.17, 15) is 0 Å². The molecule has 0 amide bonds. The molecule has 1 fully saturated rings. The molecule has 2 aromatic heterocycles. The van der Waals surface area contributed by atoms with Crippen molar-refractivity contribution in [1.29, 1.82) is 0 Å². The number of hydrogen-bond donors (Lipinski definition) is 0. The van der Waals surface area contributed by atoms with Gasteiger partial charge in [-0.2, -0.15) is 0 Å². The van der Waals surface area contributed by atoms with Gasteiger partial charge in [-0.1, -0.05) is 17.8 Å². The smallest absolute Gasteiger partial charge is 0.189 e. The van der Waals surface area contributed by atoms with E-state index in [1.165, 1.54) is 0 Å². The molecule has 0 radical (unpaired) electrons. The standard InChI is InChI=1S/C14H17N5S/c1-20-14-16-7-5-13(17-14)19-10-8-18(9-11-19)12-4-2-3-6-15-12/h2-7H,8-11H2,1H3. The largest absolute Gasteiger partial charge is 0.353 e. The maximum Gasteiger partial charge on any atom is 0.189 e. The van der Waals surface area contributed by atoms with Crippen LogP contribution in [-0.2, 0) is 0 Å². The van der Waals surface area contributed by atoms with Crippen molar-refractivity contribution in [2.75, 3.05) is 42.2 Å². The van der Waals surface area contributed by atoms with Crippen LogP contribution >= 0.6 is 11.8 Å². The van der Waals surface area contributed by atoms with E-state index < -0.39 is 0 Å². The molecule has 0 unspecified atom stereocenters. The highest BCUT2D eigenvalue weighted by Crippen LogP contribution is 2.18. The van der Waals surface area contributed by atoms with Gasteiger partial charge < -0.3 is 9.80 Å². The first-order valence-electron chi connectivity index (χ1n) is 6.65. The molecule has 0 aromatic carbocycles. The second-order valence-electron chi connectivity index (χ2n) is 4.56. The lowest BCUT2D eigenvalue weighted by Crippen LogP contribution is -2.47. The Bertz CT molecular complexity index is 555. The summed E-state index contributed by atoms with van der Waals surface area (Å²) < 4.78 is 0. The molecule has 104 valence electrons. The van der Waals surface area contributed by atoms with Gasteiger partial charge in [0.1, 0.15) is 11.6 Å². The van der Waals surface area contributed by atoms with Gasteiger partial charge in [-0.15, -0.1) is 0 Å². The first-order valence-corrected chi connectivity index (χ1v) is 7.87. The maximum absolute atomic E-state index is 4.56. The zero-order chi connectivity index (χ0) is 13.8. The topological polar surface area (TPSA) is 45.2 Å². The van der Waals surface area contributed by atoms with Crippen LogP contribution in [0, 0.1) is 0 Å². The summed E-state index contributed by atoms with van der Waals surface area (Å²) in [6, 6.07) is 8.02. The number of aromatic nitrogens is 3. The van der Waals surface area contributed by atoms with Crippen LogP contribution in [0.4, 0.5) is 11.6 Å². The van der Waals surface area contributed by atoms with Crippen LogP contribution in [0.5, 0.6) is 0 Å². The monoisotopic (exact) mass is 287 g/mol. The van der Waals surface area contributed by atoms with Crippen molar-refractivity contribution in [2.24, 2.45) is 0 Å². The maximum atomic E-state index is 4.56. The van der Waals surface area contributed by atoms with E-state index in [0.29, 0.717) is 0 Å². The molecule has 0 bridgehead atoms. The third-order valence-corrected chi connectivity index (χ3v) is 3.94. The van der Waals surface area contributed by atoms with Crippen molar-refractivity contribution in [2.45, 2.75) is 5.16 Å². The molecule has 6 heteroatoms. The lowest BCUT2D eigenvalue weighted by Gasteiger charge is -2.36. The van der Waals surface area contributed by atoms with Crippen LogP contribution in [-0.4, -0.2) is 47.4 Å². The average Bonchev–Trinajstić information content (AvgIpc) is 2.56. The van der Waals surface area contributed by atoms with Crippen LogP contribution in [0.2, 0.25) is 0 Å². The molecule has 0 N–H and O–H groups in total. The highest BCUT2D eigenvalue weighted by molar-refractivity contribution is 7.98. The Labute approximate surface area is 123 Å². The lowest BCUT2D eigenvalue weighted by molar-refractivity contribution is 0.638. The summed E-state index contributed by atoms with van der Waals surface area (Å²) in [5, 5.41) is 0.828. The number of hydrogen-bond acceptors (Lipinski definition) is 6. The Morgan fingerprint density at radius 3 is 2.30 bits per heavy atom. The molecule has 2 aromatic rings. The summed E-state index contributed by atoms with van der Waals surface area (Å²) in [4.78, 5) is 17.8. The molecule has 0 atom stereocenters. The van der Waals surface area contributed by atoms with Crippen LogP contribution in [0.1, 0.15) is 0 Å². The number of pyridine rings is 1. The van der Waals surface area contributed by atoms with E-state index in [1.807, 2.05) is 36.8 Å². The minimum absolute atomic E-state index is 0.828. The molecule has 1 saturated heterocycles. The fraction of sp³-hybridized carbons (Fsp3) is 0.357. The zero-order valence-electron chi connectivity index (χ0n) is 11.4. The van der Waals surface area contributed by atoms with Gasteiger partial charge in [0.05, 0.1) is 0 Å². The molecule has 3 heterocycles. The van der Waals surface area contributed by atoms with Gasteiger partial charge in [-0.25, -0.2) is 15.0 Å². The fourth-order valence-electron chi connectivity index (χ4n) is 2.31. The minimum Gasteiger partial charge on any atom is -0.353 e. The number of nitrogens with zero attached hydrogens (tertiary/aromatic N) is 5. The van der Waals surface area contributed by atoms with Crippen LogP contribution < -0.4 is 9.80 Å². The summed E-state index contributed by atoms with van der Waals surface area (Å²) in [6.07, 6.45) is 5.67. The summed E-state index contributed by atoms with van der Waals surface area (Å²) in [7, 11) is 0. The Morgan fingerprint density at radius 1 is 0.900 bits per heavy atom. The number of thioether (sulfide) groups is 1. The Hall–Kier alpha value is -1.82.